The van der Waals surface area contributed by atoms with Crippen LogP contribution < -0.4 is 10.9 Å². The van der Waals surface area contributed by atoms with E-state index in [1.54, 1.807) is 12.1 Å². The molecule has 2 N–H and O–H groups in total. The van der Waals surface area contributed by atoms with Crippen LogP contribution in [0.3, 0.4) is 0 Å². The van der Waals surface area contributed by atoms with E-state index >= 15 is 0 Å². The fraction of sp³-hybridized carbons (Fsp3) is 0.167. The summed E-state index contributed by atoms with van der Waals surface area (Å²) in [6, 6.07) is 17.0. The number of aromatic nitrogens is 2. The number of benzene rings is 2. The number of nitrogens with one attached hydrogen (secondary N) is 2. The molecule has 7 nitrogen and oxygen atoms in total. The number of H-pyrrole nitrogens is 1. The van der Waals surface area contributed by atoms with E-state index < -0.39 is 5.97 Å². The van der Waals surface area contributed by atoms with Gasteiger partial charge in [-0.2, -0.15) is 0 Å². The molecule has 0 saturated carbocycles. The maximum atomic E-state index is 12.3. The van der Waals surface area contributed by atoms with Crippen molar-refractivity contribution in [2.24, 2.45) is 0 Å². The van der Waals surface area contributed by atoms with Crippen LogP contribution in [0.5, 0.6) is 0 Å². The summed E-state index contributed by atoms with van der Waals surface area (Å²) in [4.78, 5) is 45.3. The Bertz CT molecular complexity index is 1340. The number of amides is 1. The predicted molar refractivity (Wildman–Crippen MR) is 124 cm³/mol. The van der Waals surface area contributed by atoms with E-state index in [2.05, 4.69) is 15.3 Å². The number of esters is 1. The summed E-state index contributed by atoms with van der Waals surface area (Å²) in [5, 5.41) is 3.11. The normalized spacial score (nSPS) is 10.8. The Hall–Kier alpha value is -3.78. The van der Waals surface area contributed by atoms with Gasteiger partial charge in [0.05, 0.1) is 5.39 Å². The monoisotopic (exact) mass is 447 g/mol. The van der Waals surface area contributed by atoms with Crippen LogP contribution in [0, 0.1) is 13.8 Å². The van der Waals surface area contributed by atoms with Crippen molar-refractivity contribution in [3.05, 3.63) is 86.8 Å². The summed E-state index contributed by atoms with van der Waals surface area (Å²) in [5.74, 6) is -0.737. The second kappa shape index (κ2) is 9.15. The third-order valence-electron chi connectivity index (χ3n) is 5.11. The van der Waals surface area contributed by atoms with E-state index in [1.807, 2.05) is 56.3 Å². The first kappa shape index (κ1) is 21.5. The third-order valence-corrected chi connectivity index (χ3v) is 6.21. The van der Waals surface area contributed by atoms with Crippen LogP contribution in [0.15, 0.2) is 59.4 Å². The molecule has 8 heteroatoms. The average molecular weight is 448 g/mol. The van der Waals surface area contributed by atoms with Gasteiger partial charge in [0.15, 0.2) is 0 Å². The van der Waals surface area contributed by atoms with Crippen LogP contribution >= 0.6 is 11.3 Å². The zero-order valence-corrected chi connectivity index (χ0v) is 18.4. The molecule has 2 aromatic carbocycles. The van der Waals surface area contributed by atoms with E-state index in [0.29, 0.717) is 15.8 Å². The van der Waals surface area contributed by atoms with Crippen molar-refractivity contribution in [3.8, 4) is 11.1 Å². The molecule has 4 rings (SSSR count). The van der Waals surface area contributed by atoms with Crippen molar-refractivity contribution >= 4 is 33.4 Å². The number of ether oxygens (including phenoxy) is 1. The van der Waals surface area contributed by atoms with E-state index in [1.165, 1.54) is 11.3 Å². The first-order valence-electron chi connectivity index (χ1n) is 10.0. The lowest BCUT2D eigenvalue weighted by Gasteiger charge is -2.07. The lowest BCUT2D eigenvalue weighted by Crippen LogP contribution is -2.30. The molecule has 4 aromatic rings. The van der Waals surface area contributed by atoms with Crippen LogP contribution in [0.4, 0.5) is 0 Å². The number of nitrogens with zero attached hydrogens (tertiary/aromatic N) is 1. The number of aryl methyl sites for hydroxylation is 2. The number of rotatable bonds is 6. The fourth-order valence-corrected chi connectivity index (χ4v) is 4.32. The Morgan fingerprint density at radius 2 is 1.72 bits per heavy atom. The summed E-state index contributed by atoms with van der Waals surface area (Å²) in [7, 11) is 0. The Kier molecular flexibility index (Phi) is 6.13. The van der Waals surface area contributed by atoms with Crippen molar-refractivity contribution in [2.75, 3.05) is 6.54 Å². The Balaban J connectivity index is 1.32. The summed E-state index contributed by atoms with van der Waals surface area (Å²) in [6.07, 6.45) is 0. The zero-order chi connectivity index (χ0) is 22.7. The molecule has 162 valence electrons. The number of carbonyl (C=O) groups excluding carboxylic acids is 2. The van der Waals surface area contributed by atoms with Crippen LogP contribution in [-0.2, 0) is 16.1 Å². The molecule has 1 amide bonds. The highest BCUT2D eigenvalue weighted by Gasteiger charge is 2.14. The van der Waals surface area contributed by atoms with Gasteiger partial charge >= 0.3 is 5.97 Å². The number of thiophene rings is 1. The molecule has 0 spiro atoms. The Morgan fingerprint density at radius 3 is 2.44 bits per heavy atom. The highest BCUT2D eigenvalue weighted by Crippen LogP contribution is 2.25. The second-order valence-corrected chi connectivity index (χ2v) is 8.47. The first-order chi connectivity index (χ1) is 15.4. The standard InChI is InChI=1S/C24H21N3O4S/c1-14-15(2)32-24-21(14)23(30)26-19(27-24)13-31-20(28)12-25-22(29)18-10-8-17(9-11-18)16-6-4-3-5-7-16/h3-11H,12-13H2,1-2H3,(H,25,29)(H,26,27,30). The maximum Gasteiger partial charge on any atom is 0.325 e. The van der Waals surface area contributed by atoms with Gasteiger partial charge in [0, 0.05) is 10.4 Å². The van der Waals surface area contributed by atoms with Gasteiger partial charge in [0.2, 0.25) is 0 Å². The van der Waals surface area contributed by atoms with E-state index in [-0.39, 0.29) is 30.4 Å². The lowest BCUT2D eigenvalue weighted by atomic mass is 10.0. The first-order valence-corrected chi connectivity index (χ1v) is 10.8. The van der Waals surface area contributed by atoms with Crippen molar-refractivity contribution < 1.29 is 14.3 Å². The van der Waals surface area contributed by atoms with Gasteiger partial charge in [-0.25, -0.2) is 4.98 Å². The van der Waals surface area contributed by atoms with Crippen LogP contribution in [0.25, 0.3) is 21.3 Å². The van der Waals surface area contributed by atoms with Gasteiger partial charge in [0.25, 0.3) is 11.5 Å². The minimum atomic E-state index is -0.624. The van der Waals surface area contributed by atoms with Crippen LogP contribution in [0.2, 0.25) is 0 Å². The molecule has 0 fully saturated rings. The topological polar surface area (TPSA) is 101 Å². The van der Waals surface area contributed by atoms with Gasteiger partial charge in [-0.3, -0.25) is 14.4 Å². The second-order valence-electron chi connectivity index (χ2n) is 7.26. The average Bonchev–Trinajstić information content (AvgIpc) is 3.10. The summed E-state index contributed by atoms with van der Waals surface area (Å²) in [6.45, 7) is 3.34. The predicted octanol–water partition coefficient (Wildman–Crippen LogP) is 3.74. The molecule has 32 heavy (non-hydrogen) atoms. The van der Waals surface area contributed by atoms with Crippen molar-refractivity contribution in [3.63, 3.8) is 0 Å². The minimum Gasteiger partial charge on any atom is -0.456 e. The lowest BCUT2D eigenvalue weighted by molar-refractivity contribution is -0.143. The number of fused-ring (bicyclic) bond motifs is 1. The molecule has 2 heterocycles. The number of hydrogen-bond donors (Lipinski definition) is 2. The molecular weight excluding hydrogens is 426 g/mol. The molecule has 2 aromatic heterocycles. The summed E-state index contributed by atoms with van der Waals surface area (Å²) >= 11 is 1.42. The number of carbonyl (C=O) groups is 2. The summed E-state index contributed by atoms with van der Waals surface area (Å²) < 4.78 is 5.15. The Morgan fingerprint density at radius 1 is 1.03 bits per heavy atom. The van der Waals surface area contributed by atoms with Gasteiger partial charge in [-0.15, -0.1) is 11.3 Å². The molecular formula is C24H21N3O4S. The van der Waals surface area contributed by atoms with E-state index in [9.17, 15) is 14.4 Å². The molecule has 0 atom stereocenters. The molecule has 0 aliphatic carbocycles. The largest absolute Gasteiger partial charge is 0.456 e. The Labute approximate surface area is 188 Å². The highest BCUT2D eigenvalue weighted by molar-refractivity contribution is 7.18. The van der Waals surface area contributed by atoms with Crippen molar-refractivity contribution in [1.82, 2.24) is 15.3 Å². The highest BCUT2D eigenvalue weighted by atomic mass is 32.1. The molecule has 0 unspecified atom stereocenters. The molecule has 0 saturated heterocycles. The quantitative estimate of drug-likeness (QED) is 0.439. The van der Waals surface area contributed by atoms with Crippen LogP contribution in [-0.4, -0.2) is 28.4 Å². The summed E-state index contributed by atoms with van der Waals surface area (Å²) in [5.41, 5.74) is 3.14. The van der Waals surface area contributed by atoms with Gasteiger partial charge in [0.1, 0.15) is 23.8 Å². The molecule has 0 bridgehead atoms. The van der Waals surface area contributed by atoms with Gasteiger partial charge in [-0.05, 0) is 42.7 Å². The van der Waals surface area contributed by atoms with E-state index in [4.69, 9.17) is 4.74 Å². The molecule has 0 aliphatic rings. The number of hydrogen-bond acceptors (Lipinski definition) is 6. The van der Waals surface area contributed by atoms with Crippen molar-refractivity contribution in [1.29, 1.82) is 0 Å². The fourth-order valence-electron chi connectivity index (χ4n) is 3.27. The SMILES string of the molecule is Cc1sc2nc(COC(=O)CNC(=O)c3ccc(-c4ccccc4)cc3)[nH]c(=O)c2c1C. The third kappa shape index (κ3) is 4.60. The van der Waals surface area contributed by atoms with Crippen LogP contribution in [0.1, 0.15) is 26.6 Å². The van der Waals surface area contributed by atoms with E-state index in [0.717, 1.165) is 21.6 Å². The number of aromatic amines is 1. The zero-order valence-electron chi connectivity index (χ0n) is 17.6. The minimum absolute atomic E-state index is 0.179. The molecule has 0 radical (unpaired) electrons. The smallest absolute Gasteiger partial charge is 0.325 e. The maximum absolute atomic E-state index is 12.3. The van der Waals surface area contributed by atoms with Gasteiger partial charge < -0.3 is 15.0 Å². The van der Waals surface area contributed by atoms with Gasteiger partial charge in [-0.1, -0.05) is 42.5 Å². The molecule has 0 aliphatic heterocycles. The van der Waals surface area contributed by atoms with Crippen molar-refractivity contribution in [2.45, 2.75) is 20.5 Å².